The predicted molar refractivity (Wildman–Crippen MR) is 287 cm³/mol. The van der Waals surface area contributed by atoms with Gasteiger partial charge in [0, 0.05) is 0 Å². The molecule has 0 unspecified atom stereocenters. The third kappa shape index (κ3) is 13.7. The van der Waals surface area contributed by atoms with Crippen molar-refractivity contribution in [2.45, 2.75) is 24.7 Å². The monoisotopic (exact) mass is 1040 g/mol. The minimum absolute atomic E-state index is 0.141. The molecule has 14 heteroatoms. The van der Waals surface area contributed by atoms with Crippen LogP contribution in [0.5, 0.6) is 17.2 Å². The molecule has 0 N–H and O–H groups in total. The molecule has 0 aliphatic carbocycles. The summed E-state index contributed by atoms with van der Waals surface area (Å²) in [5.41, 5.74) is -0.669. The van der Waals surface area contributed by atoms with E-state index in [2.05, 4.69) is 235 Å². The molecule has 5 nitrogen and oxygen atoms in total. The Morgan fingerprint density at radius 1 is 0.351 bits per heavy atom. The van der Waals surface area contributed by atoms with E-state index in [0.29, 0.717) is 0 Å². The molecule has 9 rings (SSSR count). The molecule has 376 valence electrons. The maximum atomic E-state index is 12.3. The number of rotatable bonds is 14. The minimum Gasteiger partial charge on any atom is -0.860 e. The molecule has 74 heavy (non-hydrogen) atoms. The molecule has 0 saturated heterocycles. The van der Waals surface area contributed by atoms with Crippen molar-refractivity contribution in [1.82, 2.24) is 0 Å². The van der Waals surface area contributed by atoms with Gasteiger partial charge >= 0.3 is 12.4 Å². The lowest BCUT2D eigenvalue weighted by Gasteiger charge is -2.27. The molecule has 0 radical (unpaired) electrons. The summed E-state index contributed by atoms with van der Waals surface area (Å²) < 4.78 is 88.3. The van der Waals surface area contributed by atoms with Crippen LogP contribution in [0, 0.1) is 0 Å². The minimum atomic E-state index is -5.05. The zero-order valence-corrected chi connectivity index (χ0v) is 42.2. The number of hydrogen-bond acceptors (Lipinski definition) is 5. The summed E-state index contributed by atoms with van der Waals surface area (Å²) in [6, 6.07) is 83.1. The molecule has 9 aromatic carbocycles. The Hall–Kier alpha value is -7.20. The molecule has 0 saturated carbocycles. The van der Waals surface area contributed by atoms with E-state index in [1.807, 2.05) is 0 Å². The smallest absolute Gasteiger partial charge is 0.416 e. The van der Waals surface area contributed by atoms with Gasteiger partial charge in [-0.3, -0.25) is 0 Å². The van der Waals surface area contributed by atoms with Crippen molar-refractivity contribution in [3.8, 4) is 17.2 Å². The highest BCUT2D eigenvalue weighted by Crippen LogP contribution is 2.59. The quantitative estimate of drug-likeness (QED) is 0.0616. The lowest BCUT2D eigenvalue weighted by atomic mass is 10.1. The topological polar surface area (TPSA) is 73.8 Å². The number of alkyl halides is 6. The van der Waals surface area contributed by atoms with Gasteiger partial charge in [-0.05, 0) is 126 Å². The van der Waals surface area contributed by atoms with Gasteiger partial charge in [0.1, 0.15) is 65.2 Å². The Labute approximate surface area is 429 Å². The highest BCUT2D eigenvalue weighted by molar-refractivity contribution is 7.95. The van der Waals surface area contributed by atoms with Crippen molar-refractivity contribution in [3.05, 3.63) is 271 Å². The van der Waals surface area contributed by atoms with Crippen LogP contribution in [0.25, 0.3) is 0 Å². The van der Waals surface area contributed by atoms with Crippen molar-refractivity contribution in [2.75, 3.05) is 14.2 Å². The van der Waals surface area contributed by atoms with Gasteiger partial charge in [0.2, 0.25) is 0 Å². The van der Waals surface area contributed by atoms with E-state index in [0.717, 1.165) is 23.8 Å². The van der Waals surface area contributed by atoms with Crippen LogP contribution < -0.4 is 56.0 Å². The molecule has 0 heterocycles. The van der Waals surface area contributed by atoms with Crippen LogP contribution in [0.2, 0.25) is 0 Å². The Kier molecular flexibility index (Phi) is 18.6. The SMILES string of the molecule is COc1ccc(C[P+](c2ccccc2)(c2ccccc2)c2ccccc2)cc1.COc1ccc(C[P+](c2ccccc2)(c2ccccc2)c2ccccc2)cc1.[O-]B([O-])Oc1cc(C(F)(F)F)cc(C(F)(F)F)c1. The van der Waals surface area contributed by atoms with Gasteiger partial charge in [0.25, 0.3) is 0 Å². The second-order valence-electron chi connectivity index (χ2n) is 16.8. The molecule has 0 bridgehead atoms. The largest absolute Gasteiger partial charge is 0.860 e. The highest BCUT2D eigenvalue weighted by Gasteiger charge is 2.47. The van der Waals surface area contributed by atoms with Crippen LogP contribution in [0.1, 0.15) is 22.3 Å². The molecular formula is C60H51BF6O5P2. The van der Waals surface area contributed by atoms with Crippen molar-refractivity contribution in [1.29, 1.82) is 0 Å². The van der Waals surface area contributed by atoms with Gasteiger partial charge in [0.05, 0.1) is 43.4 Å². The summed E-state index contributed by atoms with van der Waals surface area (Å²) in [5.74, 6) is 0.714. The molecule has 0 atom stereocenters. The Morgan fingerprint density at radius 2 is 0.595 bits per heavy atom. The van der Waals surface area contributed by atoms with Gasteiger partial charge in [-0.15, -0.1) is 0 Å². The molecule has 0 aliphatic heterocycles. The third-order valence-electron chi connectivity index (χ3n) is 12.1. The number of benzene rings is 9. The van der Waals surface area contributed by atoms with E-state index in [4.69, 9.17) is 9.47 Å². The molecule has 0 amide bonds. The van der Waals surface area contributed by atoms with Gasteiger partial charge in [-0.2, -0.15) is 26.3 Å². The van der Waals surface area contributed by atoms with Gasteiger partial charge in [-0.1, -0.05) is 133 Å². The highest BCUT2D eigenvalue weighted by atomic mass is 31.2. The van der Waals surface area contributed by atoms with Crippen LogP contribution in [0.4, 0.5) is 26.3 Å². The van der Waals surface area contributed by atoms with E-state index in [1.54, 1.807) is 14.2 Å². The standard InChI is InChI=1S/2C26H24OP.C8H3BF6O3/c2*1-27-23-19-17-22(18-20-23)21-28(24-11-5-2-6-12-24,25-13-7-3-8-14-25)26-15-9-4-10-16-26;10-7(11,12)4-1-5(8(13,14)15)3-6(2-4)18-9(16)17/h2*2-20H,21H2,1H3;1-3H/q2*+1;-2. The van der Waals surface area contributed by atoms with Crippen molar-refractivity contribution < 1.29 is 50.5 Å². The summed E-state index contributed by atoms with van der Waals surface area (Å²) in [4.78, 5) is 0. The van der Waals surface area contributed by atoms with Crippen LogP contribution >= 0.6 is 14.5 Å². The number of halogens is 6. The number of hydrogen-bond donors (Lipinski definition) is 0. The fourth-order valence-electron chi connectivity index (χ4n) is 8.65. The Balaban J connectivity index is 0.000000167. The molecule has 0 fully saturated rings. The zero-order valence-electron chi connectivity index (χ0n) is 40.4. The van der Waals surface area contributed by atoms with Crippen molar-refractivity contribution >= 4 is 53.7 Å². The molecule has 0 spiro atoms. The fourth-order valence-corrected chi connectivity index (χ4v) is 17.1. The van der Waals surface area contributed by atoms with Crippen LogP contribution in [-0.4, -0.2) is 21.5 Å². The molecule has 0 aromatic heterocycles. The summed E-state index contributed by atoms with van der Waals surface area (Å²) in [6.45, 7) is 0. The summed E-state index contributed by atoms with van der Waals surface area (Å²) in [5, 5.41) is 28.6. The van der Waals surface area contributed by atoms with E-state index in [-0.39, 0.29) is 18.2 Å². The Morgan fingerprint density at radius 3 is 0.797 bits per heavy atom. The molecule has 9 aromatic rings. The van der Waals surface area contributed by atoms with Crippen LogP contribution in [0.3, 0.4) is 0 Å². The van der Waals surface area contributed by atoms with E-state index in [9.17, 15) is 36.4 Å². The Bertz CT molecular complexity index is 2690. The summed E-state index contributed by atoms with van der Waals surface area (Å²) in [6.07, 6.45) is -8.15. The molecular weight excluding hydrogens is 987 g/mol. The van der Waals surface area contributed by atoms with Crippen LogP contribution in [-0.2, 0) is 24.7 Å². The van der Waals surface area contributed by atoms with E-state index in [1.165, 1.54) is 43.0 Å². The van der Waals surface area contributed by atoms with E-state index < -0.39 is 51.1 Å². The predicted octanol–water partition coefficient (Wildman–Crippen LogP) is 11.2. The summed E-state index contributed by atoms with van der Waals surface area (Å²) in [7, 11) is -3.27. The normalized spacial score (nSPS) is 11.5. The third-order valence-corrected chi connectivity index (χ3v) is 20.9. The first kappa shape index (κ1) is 54.6. The van der Waals surface area contributed by atoms with Gasteiger partial charge in [-0.25, -0.2) is 0 Å². The van der Waals surface area contributed by atoms with Crippen LogP contribution in [0.15, 0.2) is 249 Å². The number of ether oxygens (including phenoxy) is 2. The lowest BCUT2D eigenvalue weighted by molar-refractivity contribution is -0.372. The maximum Gasteiger partial charge on any atom is 0.416 e. The van der Waals surface area contributed by atoms with Crippen molar-refractivity contribution in [2.24, 2.45) is 0 Å². The zero-order chi connectivity index (χ0) is 52.6. The van der Waals surface area contributed by atoms with E-state index >= 15 is 0 Å². The average molecular weight is 1040 g/mol. The maximum absolute atomic E-state index is 12.3. The summed E-state index contributed by atoms with van der Waals surface area (Å²) >= 11 is 0. The lowest BCUT2D eigenvalue weighted by Crippen LogP contribution is -2.50. The first-order valence-electron chi connectivity index (χ1n) is 23.3. The van der Waals surface area contributed by atoms with Crippen molar-refractivity contribution in [3.63, 3.8) is 0 Å². The second-order valence-corrected chi connectivity index (χ2v) is 23.8. The molecule has 0 aliphatic rings. The first-order chi connectivity index (χ1) is 35.6. The van der Waals surface area contributed by atoms with Gasteiger partial charge in [0.15, 0.2) is 0 Å². The average Bonchev–Trinajstić information content (AvgIpc) is 3.44. The fraction of sp³-hybridized carbons (Fsp3) is 0.100. The second kappa shape index (κ2) is 25.2. The first-order valence-corrected chi connectivity index (χ1v) is 27.2. The van der Waals surface area contributed by atoms with Gasteiger partial charge < -0.3 is 24.2 Å². The number of methoxy groups -OCH3 is 2.